The Hall–Kier alpha value is -1.98. The third-order valence-electron chi connectivity index (χ3n) is 4.01. The maximum absolute atomic E-state index is 14.1. The first kappa shape index (κ1) is 14.9. The molecule has 4 nitrogen and oxygen atoms in total. The Morgan fingerprint density at radius 3 is 2.68 bits per heavy atom. The van der Waals surface area contributed by atoms with E-state index in [1.807, 2.05) is 24.4 Å². The van der Waals surface area contributed by atoms with Crippen molar-refractivity contribution in [2.24, 2.45) is 0 Å². The number of piperazine rings is 1. The summed E-state index contributed by atoms with van der Waals surface area (Å²) in [6.45, 7) is 3.73. The normalized spacial score (nSPS) is 17.2. The number of methoxy groups -OCH3 is 1. The van der Waals surface area contributed by atoms with Gasteiger partial charge in [-0.05, 0) is 29.3 Å². The van der Waals surface area contributed by atoms with Crippen LogP contribution in [0.4, 0.5) is 4.39 Å². The molecule has 0 radical (unpaired) electrons. The number of rotatable bonds is 4. The van der Waals surface area contributed by atoms with Gasteiger partial charge in [0.2, 0.25) is 0 Å². The summed E-state index contributed by atoms with van der Waals surface area (Å²) < 4.78 is 19.1. The van der Waals surface area contributed by atoms with Crippen molar-refractivity contribution >= 4 is 0 Å². The molecule has 2 aromatic rings. The standard InChI is InChI=1S/C17H20FN3O/c1-22-16-5-4-13(11-15(16)18)17(14-3-2-6-20-12-14)21-9-7-19-8-10-21/h2-6,11-12,17,19H,7-10H2,1H3. The molecule has 1 fully saturated rings. The maximum atomic E-state index is 14.1. The number of halogens is 1. The van der Waals surface area contributed by atoms with Crippen LogP contribution in [0.2, 0.25) is 0 Å². The lowest BCUT2D eigenvalue weighted by molar-refractivity contribution is 0.198. The van der Waals surface area contributed by atoms with E-state index >= 15 is 0 Å². The molecule has 1 aromatic carbocycles. The minimum atomic E-state index is -0.330. The Labute approximate surface area is 129 Å². The van der Waals surface area contributed by atoms with Gasteiger partial charge in [-0.1, -0.05) is 12.1 Å². The molecule has 0 aliphatic carbocycles. The van der Waals surface area contributed by atoms with Crippen molar-refractivity contribution < 1.29 is 9.13 Å². The van der Waals surface area contributed by atoms with Gasteiger partial charge in [0.05, 0.1) is 13.2 Å². The van der Waals surface area contributed by atoms with Crippen molar-refractivity contribution in [3.05, 3.63) is 59.7 Å². The van der Waals surface area contributed by atoms with E-state index in [-0.39, 0.29) is 17.6 Å². The monoisotopic (exact) mass is 301 g/mol. The SMILES string of the molecule is COc1ccc(C(c2cccnc2)N2CCNCC2)cc1F. The molecule has 3 rings (SSSR count). The van der Waals surface area contributed by atoms with Crippen LogP contribution in [-0.2, 0) is 0 Å². The summed E-state index contributed by atoms with van der Waals surface area (Å²) in [5.74, 6) is -0.0574. The Morgan fingerprint density at radius 1 is 1.23 bits per heavy atom. The van der Waals surface area contributed by atoms with Crippen LogP contribution in [0.5, 0.6) is 5.75 Å². The lowest BCUT2D eigenvalue weighted by Crippen LogP contribution is -2.45. The summed E-state index contributed by atoms with van der Waals surface area (Å²) in [5, 5.41) is 3.35. The van der Waals surface area contributed by atoms with Crippen LogP contribution < -0.4 is 10.1 Å². The van der Waals surface area contributed by atoms with E-state index in [4.69, 9.17) is 4.74 Å². The zero-order chi connectivity index (χ0) is 15.4. The fourth-order valence-electron chi connectivity index (χ4n) is 2.94. The van der Waals surface area contributed by atoms with Gasteiger partial charge in [-0.3, -0.25) is 9.88 Å². The second-order valence-electron chi connectivity index (χ2n) is 5.37. The number of nitrogens with zero attached hydrogens (tertiary/aromatic N) is 2. The first-order valence-electron chi connectivity index (χ1n) is 7.47. The van der Waals surface area contributed by atoms with E-state index in [9.17, 15) is 4.39 Å². The van der Waals surface area contributed by atoms with Crippen molar-refractivity contribution in [3.8, 4) is 5.75 Å². The molecule has 0 bridgehead atoms. The first-order valence-corrected chi connectivity index (χ1v) is 7.47. The summed E-state index contributed by atoms with van der Waals surface area (Å²) in [5.41, 5.74) is 2.00. The predicted molar refractivity (Wildman–Crippen MR) is 83.5 cm³/mol. The van der Waals surface area contributed by atoms with E-state index in [0.717, 1.165) is 37.3 Å². The van der Waals surface area contributed by atoms with Gasteiger partial charge in [-0.25, -0.2) is 4.39 Å². The van der Waals surface area contributed by atoms with Gasteiger partial charge in [0, 0.05) is 38.6 Å². The minimum absolute atomic E-state index is 0.0104. The third kappa shape index (κ3) is 3.10. The van der Waals surface area contributed by atoms with Crippen LogP contribution in [0.25, 0.3) is 0 Å². The van der Waals surface area contributed by atoms with Crippen LogP contribution in [0.3, 0.4) is 0 Å². The molecule has 5 heteroatoms. The molecule has 1 unspecified atom stereocenters. The zero-order valence-electron chi connectivity index (χ0n) is 12.6. The lowest BCUT2D eigenvalue weighted by Gasteiger charge is -2.35. The highest BCUT2D eigenvalue weighted by Gasteiger charge is 2.24. The van der Waals surface area contributed by atoms with E-state index in [0.29, 0.717) is 0 Å². The average Bonchev–Trinajstić information content (AvgIpc) is 2.57. The summed E-state index contributed by atoms with van der Waals surface area (Å²) >= 11 is 0. The Morgan fingerprint density at radius 2 is 2.05 bits per heavy atom. The second-order valence-corrected chi connectivity index (χ2v) is 5.37. The van der Waals surface area contributed by atoms with E-state index in [1.165, 1.54) is 7.11 Å². The zero-order valence-corrected chi connectivity index (χ0v) is 12.6. The molecule has 116 valence electrons. The van der Waals surface area contributed by atoms with Crippen LogP contribution >= 0.6 is 0 Å². The molecule has 0 amide bonds. The smallest absolute Gasteiger partial charge is 0.165 e. The van der Waals surface area contributed by atoms with Crippen molar-refractivity contribution in [2.75, 3.05) is 33.3 Å². The van der Waals surface area contributed by atoms with Crippen molar-refractivity contribution in [3.63, 3.8) is 0 Å². The van der Waals surface area contributed by atoms with Crippen molar-refractivity contribution in [2.45, 2.75) is 6.04 Å². The summed E-state index contributed by atoms with van der Waals surface area (Å²) in [4.78, 5) is 6.58. The number of aromatic nitrogens is 1. The largest absolute Gasteiger partial charge is 0.494 e. The van der Waals surface area contributed by atoms with E-state index < -0.39 is 0 Å². The first-order chi connectivity index (χ1) is 10.8. The molecule has 0 saturated carbocycles. The fraction of sp³-hybridized carbons (Fsp3) is 0.353. The Balaban J connectivity index is 1.99. The van der Waals surface area contributed by atoms with Gasteiger partial charge >= 0.3 is 0 Å². The molecule has 0 spiro atoms. The summed E-state index contributed by atoms with van der Waals surface area (Å²) in [7, 11) is 1.48. The Kier molecular flexibility index (Phi) is 4.65. The van der Waals surface area contributed by atoms with Crippen LogP contribution in [0.1, 0.15) is 17.2 Å². The highest BCUT2D eigenvalue weighted by Crippen LogP contribution is 2.31. The molecule has 1 aliphatic heterocycles. The van der Waals surface area contributed by atoms with Crippen LogP contribution in [-0.4, -0.2) is 43.2 Å². The van der Waals surface area contributed by atoms with Crippen molar-refractivity contribution in [1.82, 2.24) is 15.2 Å². The second kappa shape index (κ2) is 6.85. The molecular formula is C17H20FN3O. The number of pyridine rings is 1. The van der Waals surface area contributed by atoms with Gasteiger partial charge in [0.15, 0.2) is 11.6 Å². The quantitative estimate of drug-likeness (QED) is 0.939. The highest BCUT2D eigenvalue weighted by molar-refractivity contribution is 5.36. The number of hydrogen-bond acceptors (Lipinski definition) is 4. The molecule has 22 heavy (non-hydrogen) atoms. The molecule has 1 atom stereocenters. The van der Waals surface area contributed by atoms with E-state index in [1.54, 1.807) is 18.3 Å². The molecule has 1 aliphatic rings. The van der Waals surface area contributed by atoms with Gasteiger partial charge < -0.3 is 10.1 Å². The highest BCUT2D eigenvalue weighted by atomic mass is 19.1. The van der Waals surface area contributed by atoms with E-state index in [2.05, 4.69) is 15.2 Å². The van der Waals surface area contributed by atoms with Gasteiger partial charge in [-0.2, -0.15) is 0 Å². The lowest BCUT2D eigenvalue weighted by atomic mass is 9.97. The summed E-state index contributed by atoms with van der Waals surface area (Å²) in [6, 6.07) is 9.17. The molecule has 1 aromatic heterocycles. The molecule has 2 heterocycles. The number of ether oxygens (including phenoxy) is 1. The molecule has 1 saturated heterocycles. The van der Waals surface area contributed by atoms with Crippen LogP contribution in [0, 0.1) is 5.82 Å². The third-order valence-corrected chi connectivity index (χ3v) is 4.01. The minimum Gasteiger partial charge on any atom is -0.494 e. The number of hydrogen-bond donors (Lipinski definition) is 1. The topological polar surface area (TPSA) is 37.4 Å². The maximum Gasteiger partial charge on any atom is 0.165 e. The molecule has 1 N–H and O–H groups in total. The van der Waals surface area contributed by atoms with Crippen molar-refractivity contribution in [1.29, 1.82) is 0 Å². The summed E-state index contributed by atoms with van der Waals surface area (Å²) in [6.07, 6.45) is 3.61. The van der Waals surface area contributed by atoms with Gasteiger partial charge in [0.1, 0.15) is 0 Å². The average molecular weight is 301 g/mol. The predicted octanol–water partition coefficient (Wildman–Crippen LogP) is 2.22. The Bertz CT molecular complexity index is 615. The molecular weight excluding hydrogens is 281 g/mol. The number of nitrogens with one attached hydrogen (secondary N) is 1. The fourth-order valence-corrected chi connectivity index (χ4v) is 2.94. The van der Waals surface area contributed by atoms with Crippen LogP contribution in [0.15, 0.2) is 42.7 Å². The number of benzene rings is 1. The van der Waals surface area contributed by atoms with Gasteiger partial charge in [-0.15, -0.1) is 0 Å². The van der Waals surface area contributed by atoms with Gasteiger partial charge in [0.25, 0.3) is 0 Å².